The van der Waals surface area contributed by atoms with Crippen LogP contribution in [0.15, 0.2) is 46.9 Å². The summed E-state index contributed by atoms with van der Waals surface area (Å²) in [4.78, 5) is 0. The second-order valence-electron chi connectivity index (χ2n) is 4.66. The van der Waals surface area contributed by atoms with Crippen LogP contribution in [0.4, 0.5) is 5.69 Å². The Hall–Kier alpha value is -1.03. The Balaban J connectivity index is 2.16. The van der Waals surface area contributed by atoms with Crippen molar-refractivity contribution in [3.05, 3.63) is 63.1 Å². The lowest BCUT2D eigenvalue weighted by atomic mass is 10.0. The molecule has 0 aliphatic heterocycles. The van der Waals surface area contributed by atoms with Crippen LogP contribution in [0.1, 0.15) is 24.1 Å². The van der Waals surface area contributed by atoms with E-state index in [1.807, 2.05) is 18.2 Å². The number of aryl methyl sites for hydroxylation is 1. The van der Waals surface area contributed by atoms with Gasteiger partial charge in [0, 0.05) is 16.7 Å². The minimum absolute atomic E-state index is 0.0816. The average molecular weight is 354 g/mol. The fourth-order valence-electron chi connectivity index (χ4n) is 2.05. The van der Waals surface area contributed by atoms with Crippen LogP contribution in [-0.4, -0.2) is 6.54 Å². The van der Waals surface area contributed by atoms with Gasteiger partial charge in [-0.2, -0.15) is 0 Å². The molecule has 2 rings (SSSR count). The smallest absolute Gasteiger partial charge is 0.0636 e. The molecule has 106 valence electrons. The molecule has 0 saturated heterocycles. The highest BCUT2D eigenvalue weighted by Gasteiger charge is 2.10. The Kier molecular flexibility index (Phi) is 5.46. The largest absolute Gasteiger partial charge is 0.377 e. The van der Waals surface area contributed by atoms with Gasteiger partial charge in [0.15, 0.2) is 0 Å². The first-order valence-corrected chi connectivity index (χ1v) is 7.81. The van der Waals surface area contributed by atoms with Crippen molar-refractivity contribution in [2.45, 2.75) is 19.4 Å². The van der Waals surface area contributed by atoms with Crippen molar-refractivity contribution in [3.8, 4) is 0 Å². The van der Waals surface area contributed by atoms with E-state index in [0.717, 1.165) is 16.6 Å². The van der Waals surface area contributed by atoms with Gasteiger partial charge in [-0.1, -0.05) is 42.8 Å². The first-order valence-electron chi connectivity index (χ1n) is 6.64. The number of anilines is 1. The summed E-state index contributed by atoms with van der Waals surface area (Å²) in [5.41, 5.74) is 9.37. The van der Waals surface area contributed by atoms with E-state index in [2.05, 4.69) is 52.4 Å². The van der Waals surface area contributed by atoms with Gasteiger partial charge in [-0.25, -0.2) is 0 Å². The third-order valence-electron chi connectivity index (χ3n) is 3.29. The minimum atomic E-state index is 0.0816. The maximum atomic E-state index is 6.11. The molecule has 0 aliphatic carbocycles. The fraction of sp³-hybridized carbons (Fsp3) is 0.250. The van der Waals surface area contributed by atoms with Gasteiger partial charge >= 0.3 is 0 Å². The summed E-state index contributed by atoms with van der Waals surface area (Å²) in [6.45, 7) is 2.68. The lowest BCUT2D eigenvalue weighted by molar-refractivity contribution is 0.789. The minimum Gasteiger partial charge on any atom is -0.377 e. The molecule has 3 N–H and O–H groups in total. The molecule has 20 heavy (non-hydrogen) atoms. The van der Waals surface area contributed by atoms with E-state index in [1.54, 1.807) is 0 Å². The standard InChI is InChI=1S/C16H18BrClN2/c1-2-11-3-5-12(6-4-11)16(10-19)20-13-7-8-14(17)15(18)9-13/h3-9,16,20H,2,10,19H2,1H3. The molecule has 0 radical (unpaired) electrons. The quantitative estimate of drug-likeness (QED) is 0.812. The van der Waals surface area contributed by atoms with Gasteiger partial charge < -0.3 is 11.1 Å². The Morgan fingerprint density at radius 1 is 1.20 bits per heavy atom. The van der Waals surface area contributed by atoms with Gasteiger partial charge in [-0.05, 0) is 51.7 Å². The molecule has 0 saturated carbocycles. The molecule has 0 spiro atoms. The molecule has 0 bridgehead atoms. The first kappa shape index (κ1) is 15.4. The average Bonchev–Trinajstić information content (AvgIpc) is 2.48. The number of rotatable bonds is 5. The van der Waals surface area contributed by atoms with Crippen molar-refractivity contribution in [2.24, 2.45) is 5.73 Å². The molecule has 1 unspecified atom stereocenters. The second kappa shape index (κ2) is 7.11. The Morgan fingerprint density at radius 3 is 2.45 bits per heavy atom. The molecule has 2 nitrogen and oxygen atoms in total. The number of nitrogens with one attached hydrogen (secondary N) is 1. The Morgan fingerprint density at radius 2 is 1.90 bits per heavy atom. The van der Waals surface area contributed by atoms with E-state index in [1.165, 1.54) is 11.1 Å². The molecule has 0 amide bonds. The molecule has 4 heteroatoms. The summed E-state index contributed by atoms with van der Waals surface area (Å²) in [5.74, 6) is 0. The molecule has 0 aromatic heterocycles. The van der Waals surface area contributed by atoms with Crippen molar-refractivity contribution in [3.63, 3.8) is 0 Å². The van der Waals surface area contributed by atoms with Crippen molar-refractivity contribution in [2.75, 3.05) is 11.9 Å². The third-order valence-corrected chi connectivity index (χ3v) is 4.52. The summed E-state index contributed by atoms with van der Waals surface area (Å²) < 4.78 is 0.890. The van der Waals surface area contributed by atoms with Gasteiger partial charge in [0.1, 0.15) is 0 Å². The molecule has 2 aromatic carbocycles. The lowest BCUT2D eigenvalue weighted by Gasteiger charge is -2.19. The second-order valence-corrected chi connectivity index (χ2v) is 5.92. The van der Waals surface area contributed by atoms with Crippen molar-refractivity contribution in [1.82, 2.24) is 0 Å². The summed E-state index contributed by atoms with van der Waals surface area (Å²) in [6, 6.07) is 14.4. The molecule has 1 atom stereocenters. The predicted molar refractivity (Wildman–Crippen MR) is 90.4 cm³/mol. The molecular weight excluding hydrogens is 336 g/mol. The van der Waals surface area contributed by atoms with Crippen molar-refractivity contribution >= 4 is 33.2 Å². The normalized spacial score (nSPS) is 12.2. The molecular formula is C16H18BrClN2. The summed E-state index contributed by atoms with van der Waals surface area (Å²) in [5, 5.41) is 4.11. The molecule has 2 aromatic rings. The number of hydrogen-bond donors (Lipinski definition) is 2. The monoisotopic (exact) mass is 352 g/mol. The highest BCUT2D eigenvalue weighted by atomic mass is 79.9. The number of nitrogens with two attached hydrogens (primary N) is 1. The fourth-order valence-corrected chi connectivity index (χ4v) is 2.48. The van der Waals surface area contributed by atoms with Gasteiger partial charge in [0.25, 0.3) is 0 Å². The van der Waals surface area contributed by atoms with Crippen LogP contribution in [-0.2, 0) is 6.42 Å². The summed E-state index contributed by atoms with van der Waals surface area (Å²) >= 11 is 9.50. The van der Waals surface area contributed by atoms with Gasteiger partial charge in [-0.3, -0.25) is 0 Å². The van der Waals surface area contributed by atoms with Gasteiger partial charge in [0.05, 0.1) is 11.1 Å². The van der Waals surface area contributed by atoms with E-state index < -0.39 is 0 Å². The summed E-state index contributed by atoms with van der Waals surface area (Å²) in [6.07, 6.45) is 1.04. The third kappa shape index (κ3) is 3.75. The number of benzene rings is 2. The van der Waals surface area contributed by atoms with Crippen LogP contribution in [0.25, 0.3) is 0 Å². The van der Waals surface area contributed by atoms with Crippen LogP contribution in [0.2, 0.25) is 5.02 Å². The number of halogens is 2. The van der Waals surface area contributed by atoms with Crippen LogP contribution >= 0.6 is 27.5 Å². The Bertz CT molecular complexity index is 569. The molecule has 0 fully saturated rings. The lowest BCUT2D eigenvalue weighted by Crippen LogP contribution is -2.20. The van der Waals surface area contributed by atoms with E-state index in [0.29, 0.717) is 11.6 Å². The van der Waals surface area contributed by atoms with Crippen LogP contribution in [0, 0.1) is 0 Å². The zero-order valence-corrected chi connectivity index (χ0v) is 13.7. The van der Waals surface area contributed by atoms with Crippen molar-refractivity contribution < 1.29 is 0 Å². The van der Waals surface area contributed by atoms with Crippen LogP contribution in [0.5, 0.6) is 0 Å². The number of hydrogen-bond acceptors (Lipinski definition) is 2. The highest BCUT2D eigenvalue weighted by molar-refractivity contribution is 9.10. The van der Waals surface area contributed by atoms with Crippen LogP contribution in [0.3, 0.4) is 0 Å². The molecule has 0 aliphatic rings. The van der Waals surface area contributed by atoms with Crippen LogP contribution < -0.4 is 11.1 Å². The first-order chi connectivity index (χ1) is 9.63. The predicted octanol–water partition coefficient (Wildman–Crippen LogP) is 4.78. The Labute approximate surface area is 133 Å². The van der Waals surface area contributed by atoms with E-state index in [-0.39, 0.29) is 6.04 Å². The van der Waals surface area contributed by atoms with Crippen molar-refractivity contribution in [1.29, 1.82) is 0 Å². The molecule has 0 heterocycles. The maximum absolute atomic E-state index is 6.11. The van der Waals surface area contributed by atoms with Gasteiger partial charge in [-0.15, -0.1) is 0 Å². The van der Waals surface area contributed by atoms with E-state index in [9.17, 15) is 0 Å². The van der Waals surface area contributed by atoms with E-state index in [4.69, 9.17) is 17.3 Å². The highest BCUT2D eigenvalue weighted by Crippen LogP contribution is 2.27. The topological polar surface area (TPSA) is 38.0 Å². The summed E-state index contributed by atoms with van der Waals surface area (Å²) in [7, 11) is 0. The maximum Gasteiger partial charge on any atom is 0.0636 e. The zero-order chi connectivity index (χ0) is 14.5. The SMILES string of the molecule is CCc1ccc(C(CN)Nc2ccc(Br)c(Cl)c2)cc1. The van der Waals surface area contributed by atoms with E-state index >= 15 is 0 Å². The van der Waals surface area contributed by atoms with Gasteiger partial charge in [0.2, 0.25) is 0 Å². The zero-order valence-electron chi connectivity index (χ0n) is 11.4.